The van der Waals surface area contributed by atoms with Crippen LogP contribution in [0.2, 0.25) is 0 Å². The maximum absolute atomic E-state index is 4.80. The van der Waals surface area contributed by atoms with Crippen LogP contribution in [0.5, 0.6) is 0 Å². The molecule has 0 N–H and O–H groups in total. The van der Waals surface area contributed by atoms with Gasteiger partial charge in [0.15, 0.2) is 0 Å². The number of allylic oxidation sites excluding steroid dienone is 3. The first-order valence-electron chi connectivity index (χ1n) is 12.2. The Balaban J connectivity index is 1.70. The molecule has 0 aliphatic heterocycles. The minimum atomic E-state index is 0.542. The predicted molar refractivity (Wildman–Crippen MR) is 118 cm³/mol. The van der Waals surface area contributed by atoms with Crippen LogP contribution in [0.1, 0.15) is 98.8 Å². The van der Waals surface area contributed by atoms with E-state index in [0.717, 1.165) is 35.5 Å². The van der Waals surface area contributed by atoms with Crippen LogP contribution < -0.4 is 0 Å². The van der Waals surface area contributed by atoms with Gasteiger partial charge in [0.2, 0.25) is 0 Å². The summed E-state index contributed by atoms with van der Waals surface area (Å²) in [5, 5.41) is 0. The monoisotopic (exact) mass is 368 g/mol. The molecule has 0 aromatic carbocycles. The summed E-state index contributed by atoms with van der Waals surface area (Å²) in [7, 11) is 0. The minimum Gasteiger partial charge on any atom is -0.0953 e. The van der Waals surface area contributed by atoms with Crippen LogP contribution >= 0.6 is 0 Å². The molecule has 0 heterocycles. The van der Waals surface area contributed by atoms with Crippen molar-refractivity contribution in [3.05, 3.63) is 23.8 Å². The molecule has 0 bridgehead atoms. The van der Waals surface area contributed by atoms with E-state index in [9.17, 15) is 0 Å². The van der Waals surface area contributed by atoms with Crippen molar-refractivity contribution >= 4 is 0 Å². The second-order valence-electron chi connectivity index (χ2n) is 11.3. The van der Waals surface area contributed by atoms with Crippen LogP contribution in [-0.2, 0) is 0 Å². The van der Waals surface area contributed by atoms with E-state index >= 15 is 0 Å². The van der Waals surface area contributed by atoms with E-state index in [2.05, 4.69) is 40.7 Å². The second-order valence-corrected chi connectivity index (χ2v) is 11.3. The summed E-state index contributed by atoms with van der Waals surface area (Å²) in [6, 6.07) is 0. The average Bonchev–Trinajstić information content (AvgIpc) is 3.00. The van der Waals surface area contributed by atoms with Crippen molar-refractivity contribution in [2.24, 2.45) is 46.3 Å². The summed E-state index contributed by atoms with van der Waals surface area (Å²) in [6.45, 7) is 17.4. The quantitative estimate of drug-likeness (QED) is 0.471. The van der Waals surface area contributed by atoms with Gasteiger partial charge >= 0.3 is 0 Å². The number of rotatable bonds is 3. The SMILES string of the molecule is C=C1/C(=C\C)C2CCCCC2(C)[C@H]2CCC3(C)C([C@H](C)CCC)CC[C@H]3C12. The lowest BCUT2D eigenvalue weighted by molar-refractivity contribution is -0.0744. The molecular weight excluding hydrogens is 324 g/mol. The molecule has 0 aromatic heterocycles. The number of hydrogen-bond acceptors (Lipinski definition) is 0. The standard InChI is InChI=1S/C27H44/c1-7-11-18(3)21-13-14-23-25-19(4)20(8-2)22-12-9-10-16-26(22,5)24(25)15-17-27(21,23)6/h8,18,21-25H,4,7,9-17H2,1-3,5-6H3/b20-8+/t18-,21?,22?,23+,24+,25?,26?,27?/m1/s1. The van der Waals surface area contributed by atoms with Gasteiger partial charge in [-0.15, -0.1) is 0 Å². The Morgan fingerprint density at radius 1 is 1.04 bits per heavy atom. The van der Waals surface area contributed by atoms with E-state index < -0.39 is 0 Å². The zero-order valence-corrected chi connectivity index (χ0v) is 18.8. The van der Waals surface area contributed by atoms with Crippen LogP contribution in [0.25, 0.3) is 0 Å². The van der Waals surface area contributed by atoms with E-state index in [1.54, 1.807) is 11.1 Å². The highest BCUT2D eigenvalue weighted by Gasteiger charge is 2.61. The third-order valence-corrected chi connectivity index (χ3v) is 10.3. The van der Waals surface area contributed by atoms with Gasteiger partial charge in [0.25, 0.3) is 0 Å². The smallest absolute Gasteiger partial charge is 0.00977 e. The molecule has 0 amide bonds. The highest BCUT2D eigenvalue weighted by atomic mass is 14.7. The fraction of sp³-hybridized carbons (Fsp3) is 0.852. The van der Waals surface area contributed by atoms with Gasteiger partial charge in [-0.1, -0.05) is 66.0 Å². The first-order chi connectivity index (χ1) is 12.9. The molecule has 4 fully saturated rings. The van der Waals surface area contributed by atoms with Crippen molar-refractivity contribution in [2.45, 2.75) is 98.8 Å². The molecule has 4 aliphatic rings. The predicted octanol–water partition coefficient (Wildman–Crippen LogP) is 8.19. The molecule has 4 rings (SSSR count). The van der Waals surface area contributed by atoms with Gasteiger partial charge in [0.05, 0.1) is 0 Å². The Labute approximate surface area is 169 Å². The summed E-state index contributed by atoms with van der Waals surface area (Å²) >= 11 is 0. The van der Waals surface area contributed by atoms with E-state index in [0.29, 0.717) is 10.8 Å². The second kappa shape index (κ2) is 7.07. The van der Waals surface area contributed by atoms with Gasteiger partial charge in [-0.05, 0) is 103 Å². The molecular formula is C27H44. The maximum Gasteiger partial charge on any atom is -0.00977 e. The third-order valence-electron chi connectivity index (χ3n) is 10.3. The van der Waals surface area contributed by atoms with Crippen LogP contribution in [0.15, 0.2) is 23.8 Å². The van der Waals surface area contributed by atoms with Crippen molar-refractivity contribution in [2.75, 3.05) is 0 Å². The zero-order chi connectivity index (χ0) is 19.4. The molecule has 5 unspecified atom stereocenters. The van der Waals surface area contributed by atoms with Crippen molar-refractivity contribution in [3.8, 4) is 0 Å². The van der Waals surface area contributed by atoms with E-state index in [4.69, 9.17) is 6.58 Å². The molecule has 8 atom stereocenters. The van der Waals surface area contributed by atoms with E-state index in [1.807, 2.05) is 0 Å². The molecule has 0 radical (unpaired) electrons. The summed E-state index contributed by atoms with van der Waals surface area (Å²) in [6.07, 6.45) is 16.9. The number of hydrogen-bond donors (Lipinski definition) is 0. The minimum absolute atomic E-state index is 0.542. The Hall–Kier alpha value is -0.520. The highest BCUT2D eigenvalue weighted by molar-refractivity contribution is 5.40. The Morgan fingerprint density at radius 2 is 1.78 bits per heavy atom. The molecule has 0 nitrogen and oxygen atoms in total. The number of fused-ring (bicyclic) bond motifs is 5. The zero-order valence-electron chi connectivity index (χ0n) is 18.8. The van der Waals surface area contributed by atoms with Gasteiger partial charge in [-0.2, -0.15) is 0 Å². The van der Waals surface area contributed by atoms with Crippen LogP contribution in [0.4, 0.5) is 0 Å². The molecule has 152 valence electrons. The lowest BCUT2D eigenvalue weighted by Crippen LogP contribution is -2.54. The van der Waals surface area contributed by atoms with Crippen LogP contribution in [0, 0.1) is 46.3 Å². The summed E-state index contributed by atoms with van der Waals surface area (Å²) in [4.78, 5) is 0. The van der Waals surface area contributed by atoms with E-state index in [1.165, 1.54) is 64.2 Å². The Morgan fingerprint density at radius 3 is 2.48 bits per heavy atom. The van der Waals surface area contributed by atoms with Gasteiger partial charge in [-0.3, -0.25) is 0 Å². The maximum atomic E-state index is 4.80. The van der Waals surface area contributed by atoms with Crippen molar-refractivity contribution in [1.82, 2.24) is 0 Å². The molecule has 4 aliphatic carbocycles. The van der Waals surface area contributed by atoms with Gasteiger partial charge in [-0.25, -0.2) is 0 Å². The summed E-state index contributed by atoms with van der Waals surface area (Å²) < 4.78 is 0. The van der Waals surface area contributed by atoms with Gasteiger partial charge < -0.3 is 0 Å². The average molecular weight is 369 g/mol. The normalized spacial score (nSPS) is 49.4. The first kappa shape index (κ1) is 19.8. The molecule has 0 spiro atoms. The van der Waals surface area contributed by atoms with Crippen LogP contribution in [-0.4, -0.2) is 0 Å². The lowest BCUT2D eigenvalue weighted by Gasteiger charge is -2.62. The third kappa shape index (κ3) is 2.75. The Kier molecular flexibility index (Phi) is 5.18. The fourth-order valence-electron chi connectivity index (χ4n) is 9.11. The first-order valence-corrected chi connectivity index (χ1v) is 12.2. The van der Waals surface area contributed by atoms with E-state index in [-0.39, 0.29) is 0 Å². The van der Waals surface area contributed by atoms with Gasteiger partial charge in [0, 0.05) is 0 Å². The largest absolute Gasteiger partial charge is 0.0953 e. The summed E-state index contributed by atoms with van der Waals surface area (Å²) in [5.41, 5.74) is 4.36. The molecule has 4 saturated carbocycles. The fourth-order valence-corrected chi connectivity index (χ4v) is 9.11. The van der Waals surface area contributed by atoms with Gasteiger partial charge in [0.1, 0.15) is 0 Å². The molecule has 27 heavy (non-hydrogen) atoms. The molecule has 0 aromatic rings. The topological polar surface area (TPSA) is 0 Å². The van der Waals surface area contributed by atoms with Crippen molar-refractivity contribution in [3.63, 3.8) is 0 Å². The lowest BCUT2D eigenvalue weighted by atomic mass is 9.42. The molecule has 0 saturated heterocycles. The highest BCUT2D eigenvalue weighted by Crippen LogP contribution is 2.70. The Bertz CT molecular complexity index is 612. The van der Waals surface area contributed by atoms with Crippen molar-refractivity contribution < 1.29 is 0 Å². The van der Waals surface area contributed by atoms with Crippen LogP contribution in [0.3, 0.4) is 0 Å². The van der Waals surface area contributed by atoms with Crippen molar-refractivity contribution in [1.29, 1.82) is 0 Å². The summed E-state index contributed by atoms with van der Waals surface area (Å²) in [5.74, 6) is 5.21. The molecule has 0 heteroatoms.